The van der Waals surface area contributed by atoms with Crippen molar-refractivity contribution in [1.29, 1.82) is 0 Å². The minimum Gasteiger partial charge on any atom is -0.311 e. The first kappa shape index (κ1) is 32.0. The van der Waals surface area contributed by atoms with Crippen LogP contribution in [0, 0.1) is 0 Å². The van der Waals surface area contributed by atoms with Gasteiger partial charge in [0.15, 0.2) is 0 Å². The minimum absolute atomic E-state index is 1.13. The summed E-state index contributed by atoms with van der Waals surface area (Å²) in [6.07, 6.45) is 0. The molecule has 0 aliphatic carbocycles. The number of benzene rings is 8. The number of fused-ring (bicyclic) bond motifs is 2. The molecule has 0 bridgehead atoms. The van der Waals surface area contributed by atoms with Crippen LogP contribution < -0.4 is 9.80 Å². The van der Waals surface area contributed by atoms with Crippen LogP contribution in [-0.4, -0.2) is 0 Å². The molecule has 0 spiro atoms. The fourth-order valence-corrected chi connectivity index (χ4v) is 9.02. The van der Waals surface area contributed by atoms with Crippen molar-refractivity contribution in [3.63, 3.8) is 0 Å². The standard InChI is InChI=1S/C48H34N2S2/c1-5-13-39(14-6-1)49(40-15-7-2-8-16-40)43-27-21-35(22-28-43)37-25-31-45-47(33-37)51-46-32-26-38(34-48(46)52-45)36-23-29-44(30-24-36)50(41-17-9-3-10-18-41)42-19-11-4-12-20-42/h1-34H. The molecule has 8 aromatic carbocycles. The Labute approximate surface area is 314 Å². The fourth-order valence-electron chi connectivity index (χ4n) is 6.75. The van der Waals surface area contributed by atoms with Crippen LogP contribution in [0.1, 0.15) is 0 Å². The van der Waals surface area contributed by atoms with Crippen LogP contribution in [0.5, 0.6) is 0 Å². The van der Waals surface area contributed by atoms with Crippen LogP contribution in [0.2, 0.25) is 0 Å². The van der Waals surface area contributed by atoms with Crippen molar-refractivity contribution in [3.05, 3.63) is 206 Å². The van der Waals surface area contributed by atoms with E-state index in [1.807, 2.05) is 23.5 Å². The molecule has 0 N–H and O–H groups in total. The lowest BCUT2D eigenvalue weighted by Crippen LogP contribution is -2.09. The van der Waals surface area contributed by atoms with Crippen molar-refractivity contribution in [1.82, 2.24) is 0 Å². The molecule has 0 saturated heterocycles. The van der Waals surface area contributed by atoms with Gasteiger partial charge in [-0.05, 0) is 119 Å². The Hall–Kier alpha value is -5.94. The van der Waals surface area contributed by atoms with Crippen LogP contribution in [0.4, 0.5) is 34.1 Å². The lowest BCUT2D eigenvalue weighted by atomic mass is 10.0. The highest BCUT2D eigenvalue weighted by molar-refractivity contribution is 8.05. The summed E-state index contributed by atoms with van der Waals surface area (Å²) in [5, 5.41) is 0. The zero-order chi connectivity index (χ0) is 34.7. The quantitative estimate of drug-likeness (QED) is 0.155. The van der Waals surface area contributed by atoms with Gasteiger partial charge in [-0.15, -0.1) is 0 Å². The van der Waals surface area contributed by atoms with E-state index in [0.29, 0.717) is 0 Å². The molecule has 9 rings (SSSR count). The minimum atomic E-state index is 1.13. The lowest BCUT2D eigenvalue weighted by molar-refractivity contribution is 1.16. The molecule has 0 unspecified atom stereocenters. The molecule has 0 fully saturated rings. The maximum atomic E-state index is 2.34. The predicted molar refractivity (Wildman–Crippen MR) is 221 cm³/mol. The van der Waals surface area contributed by atoms with Gasteiger partial charge in [0.25, 0.3) is 0 Å². The second-order valence-electron chi connectivity index (χ2n) is 12.6. The summed E-state index contributed by atoms with van der Waals surface area (Å²) in [5.74, 6) is 0. The molecule has 0 radical (unpaired) electrons. The van der Waals surface area contributed by atoms with Crippen LogP contribution in [-0.2, 0) is 0 Å². The van der Waals surface area contributed by atoms with E-state index in [9.17, 15) is 0 Å². The van der Waals surface area contributed by atoms with Crippen LogP contribution >= 0.6 is 23.5 Å². The molecule has 1 aliphatic heterocycles. The Balaban J connectivity index is 0.946. The molecular weight excluding hydrogens is 669 g/mol. The number of nitrogens with zero attached hydrogens (tertiary/aromatic N) is 2. The lowest BCUT2D eigenvalue weighted by Gasteiger charge is -2.25. The summed E-state index contributed by atoms with van der Waals surface area (Å²) in [6.45, 7) is 0. The summed E-state index contributed by atoms with van der Waals surface area (Å²) in [5.41, 5.74) is 11.7. The van der Waals surface area contributed by atoms with E-state index in [4.69, 9.17) is 0 Å². The first-order valence-electron chi connectivity index (χ1n) is 17.4. The van der Waals surface area contributed by atoms with E-state index in [2.05, 4.69) is 216 Å². The molecule has 8 aromatic rings. The molecule has 0 saturated carbocycles. The van der Waals surface area contributed by atoms with Gasteiger partial charge in [-0.1, -0.05) is 133 Å². The average molecular weight is 703 g/mol. The fraction of sp³-hybridized carbons (Fsp3) is 0. The van der Waals surface area contributed by atoms with Crippen molar-refractivity contribution >= 4 is 57.6 Å². The molecule has 0 atom stereocenters. The number of anilines is 6. The highest BCUT2D eigenvalue weighted by atomic mass is 32.2. The molecule has 0 aromatic heterocycles. The molecule has 2 nitrogen and oxygen atoms in total. The van der Waals surface area contributed by atoms with Gasteiger partial charge in [0.2, 0.25) is 0 Å². The third kappa shape index (κ3) is 6.51. The number of hydrogen-bond acceptors (Lipinski definition) is 4. The van der Waals surface area contributed by atoms with Gasteiger partial charge in [0, 0.05) is 53.7 Å². The molecule has 248 valence electrons. The third-order valence-corrected chi connectivity index (χ3v) is 11.8. The number of para-hydroxylation sites is 4. The molecule has 52 heavy (non-hydrogen) atoms. The monoisotopic (exact) mass is 702 g/mol. The molecular formula is C48H34N2S2. The second-order valence-corrected chi connectivity index (χ2v) is 14.8. The van der Waals surface area contributed by atoms with Crippen molar-refractivity contribution in [3.8, 4) is 22.3 Å². The van der Waals surface area contributed by atoms with E-state index in [1.54, 1.807) is 0 Å². The first-order chi connectivity index (χ1) is 25.8. The van der Waals surface area contributed by atoms with Gasteiger partial charge in [-0.25, -0.2) is 0 Å². The van der Waals surface area contributed by atoms with Crippen molar-refractivity contribution < 1.29 is 0 Å². The van der Waals surface area contributed by atoms with Gasteiger partial charge in [0.05, 0.1) is 0 Å². The smallest absolute Gasteiger partial charge is 0.0462 e. The van der Waals surface area contributed by atoms with Crippen molar-refractivity contribution in [2.45, 2.75) is 19.6 Å². The van der Waals surface area contributed by atoms with Crippen LogP contribution in [0.15, 0.2) is 226 Å². The third-order valence-electron chi connectivity index (χ3n) is 9.30. The summed E-state index contributed by atoms with van der Waals surface area (Å²) < 4.78 is 0. The predicted octanol–water partition coefficient (Wildman–Crippen LogP) is 14.6. The maximum absolute atomic E-state index is 2.34. The molecule has 0 amide bonds. The number of rotatable bonds is 8. The van der Waals surface area contributed by atoms with Crippen molar-refractivity contribution in [2.24, 2.45) is 0 Å². The SMILES string of the molecule is c1ccc(N(c2ccccc2)c2ccc(-c3ccc4c(c3)Sc3ccc(-c5ccc(N(c6ccccc6)c6ccccc6)cc5)cc3S4)cc2)cc1. The summed E-state index contributed by atoms with van der Waals surface area (Å²) in [4.78, 5) is 9.79. The molecule has 1 aliphatic rings. The molecule has 4 heteroatoms. The Morgan fingerprint density at radius 2 is 0.500 bits per heavy atom. The van der Waals surface area contributed by atoms with Gasteiger partial charge in [-0.3, -0.25) is 0 Å². The maximum Gasteiger partial charge on any atom is 0.0462 e. The Morgan fingerprint density at radius 3 is 0.808 bits per heavy atom. The van der Waals surface area contributed by atoms with Crippen molar-refractivity contribution in [2.75, 3.05) is 9.80 Å². The average Bonchev–Trinajstić information content (AvgIpc) is 3.22. The van der Waals surface area contributed by atoms with E-state index in [-0.39, 0.29) is 0 Å². The Kier molecular flexibility index (Phi) is 8.83. The highest BCUT2D eigenvalue weighted by Gasteiger charge is 2.20. The van der Waals surface area contributed by atoms with Gasteiger partial charge < -0.3 is 9.80 Å². The summed E-state index contributed by atoms with van der Waals surface area (Å²) >= 11 is 3.73. The number of hydrogen-bond donors (Lipinski definition) is 0. The van der Waals surface area contributed by atoms with E-state index in [0.717, 1.165) is 34.1 Å². The molecule has 1 heterocycles. The van der Waals surface area contributed by atoms with Crippen LogP contribution in [0.3, 0.4) is 0 Å². The van der Waals surface area contributed by atoms with E-state index in [1.165, 1.54) is 41.8 Å². The Bertz CT molecular complexity index is 2180. The largest absolute Gasteiger partial charge is 0.311 e. The van der Waals surface area contributed by atoms with E-state index >= 15 is 0 Å². The van der Waals surface area contributed by atoms with Gasteiger partial charge in [0.1, 0.15) is 0 Å². The van der Waals surface area contributed by atoms with E-state index < -0.39 is 0 Å². The zero-order valence-electron chi connectivity index (χ0n) is 28.3. The summed E-state index contributed by atoms with van der Waals surface area (Å²) in [7, 11) is 0. The van der Waals surface area contributed by atoms with Crippen LogP contribution in [0.25, 0.3) is 22.3 Å². The zero-order valence-corrected chi connectivity index (χ0v) is 30.0. The van der Waals surface area contributed by atoms with Gasteiger partial charge >= 0.3 is 0 Å². The normalized spacial score (nSPS) is 11.7. The highest BCUT2D eigenvalue weighted by Crippen LogP contribution is 2.50. The summed E-state index contributed by atoms with van der Waals surface area (Å²) in [6, 6.07) is 73.8. The second kappa shape index (κ2) is 14.4. The first-order valence-corrected chi connectivity index (χ1v) is 19.1. The Morgan fingerprint density at radius 1 is 0.231 bits per heavy atom. The van der Waals surface area contributed by atoms with Gasteiger partial charge in [-0.2, -0.15) is 0 Å². The topological polar surface area (TPSA) is 6.48 Å².